The van der Waals surface area contributed by atoms with Gasteiger partial charge in [0.25, 0.3) is 0 Å². The van der Waals surface area contributed by atoms with Gasteiger partial charge < -0.3 is 4.90 Å². The van der Waals surface area contributed by atoms with Crippen LogP contribution in [0.1, 0.15) is 42.9 Å². The first-order valence-corrected chi connectivity index (χ1v) is 8.85. The minimum absolute atomic E-state index is 0.327. The summed E-state index contributed by atoms with van der Waals surface area (Å²) >= 11 is 2.01. The maximum Gasteiger partial charge on any atom is 0.225 e. The SMILES string of the molecule is O=C(C1CCCC1)N1CCS[C@H](c2ccccc2)CC1. The van der Waals surface area contributed by atoms with E-state index in [-0.39, 0.29) is 0 Å². The van der Waals surface area contributed by atoms with E-state index in [9.17, 15) is 4.79 Å². The van der Waals surface area contributed by atoms with Crippen molar-refractivity contribution in [2.24, 2.45) is 5.92 Å². The molecule has 0 unspecified atom stereocenters. The molecule has 0 N–H and O–H groups in total. The largest absolute Gasteiger partial charge is 0.342 e. The molecule has 0 aromatic heterocycles. The highest BCUT2D eigenvalue weighted by Gasteiger charge is 2.29. The summed E-state index contributed by atoms with van der Waals surface area (Å²) in [5, 5.41) is 0.553. The van der Waals surface area contributed by atoms with Crippen LogP contribution >= 0.6 is 11.8 Å². The molecule has 1 heterocycles. The first kappa shape index (κ1) is 14.0. The molecule has 1 saturated carbocycles. The smallest absolute Gasteiger partial charge is 0.225 e. The third-order valence-electron chi connectivity index (χ3n) is 4.53. The Labute approximate surface area is 125 Å². The molecule has 1 atom stereocenters. The molecule has 1 aromatic carbocycles. The summed E-state index contributed by atoms with van der Waals surface area (Å²) in [5.41, 5.74) is 1.41. The average molecular weight is 289 g/mol. The number of rotatable bonds is 2. The molecule has 0 spiro atoms. The predicted octanol–water partition coefficient (Wildman–Crippen LogP) is 3.88. The van der Waals surface area contributed by atoms with E-state index in [4.69, 9.17) is 0 Å². The topological polar surface area (TPSA) is 20.3 Å². The van der Waals surface area contributed by atoms with E-state index in [2.05, 4.69) is 35.2 Å². The summed E-state index contributed by atoms with van der Waals surface area (Å²) < 4.78 is 0. The number of carbonyl (C=O) groups is 1. The molecule has 1 aromatic rings. The van der Waals surface area contributed by atoms with Gasteiger partial charge in [0.15, 0.2) is 0 Å². The molecule has 0 bridgehead atoms. The molecule has 3 heteroatoms. The van der Waals surface area contributed by atoms with Gasteiger partial charge in [-0.25, -0.2) is 0 Å². The summed E-state index contributed by atoms with van der Waals surface area (Å²) in [6.07, 6.45) is 5.81. The standard InChI is InChI=1S/C17H23NOS/c19-17(15-8-4-5-9-15)18-11-10-16(20-13-12-18)14-6-2-1-3-7-14/h1-3,6-7,15-16H,4-5,8-13H2/t16-/m0/s1. The molecule has 2 fully saturated rings. The van der Waals surface area contributed by atoms with Crippen LogP contribution in [-0.4, -0.2) is 29.6 Å². The van der Waals surface area contributed by atoms with E-state index in [1.807, 2.05) is 11.8 Å². The highest BCUT2D eigenvalue weighted by Crippen LogP contribution is 2.35. The Morgan fingerprint density at radius 2 is 1.80 bits per heavy atom. The fourth-order valence-electron chi connectivity index (χ4n) is 3.36. The van der Waals surface area contributed by atoms with Gasteiger partial charge >= 0.3 is 0 Å². The monoisotopic (exact) mass is 289 g/mol. The molecule has 2 nitrogen and oxygen atoms in total. The van der Waals surface area contributed by atoms with E-state index in [1.54, 1.807) is 0 Å². The van der Waals surface area contributed by atoms with Crippen LogP contribution in [0.25, 0.3) is 0 Å². The Bertz CT molecular complexity index is 442. The lowest BCUT2D eigenvalue weighted by atomic mass is 10.1. The molecular formula is C17H23NOS. The van der Waals surface area contributed by atoms with Gasteiger partial charge in [0, 0.05) is 30.0 Å². The highest BCUT2D eigenvalue weighted by atomic mass is 32.2. The molecule has 3 rings (SSSR count). The van der Waals surface area contributed by atoms with Gasteiger partial charge in [-0.05, 0) is 24.8 Å². The first-order valence-electron chi connectivity index (χ1n) is 7.80. The third-order valence-corrected chi connectivity index (χ3v) is 5.86. The van der Waals surface area contributed by atoms with Crippen molar-refractivity contribution in [2.75, 3.05) is 18.8 Å². The van der Waals surface area contributed by atoms with Crippen LogP contribution in [0.2, 0.25) is 0 Å². The van der Waals surface area contributed by atoms with Crippen LogP contribution in [0.3, 0.4) is 0 Å². The second-order valence-electron chi connectivity index (χ2n) is 5.87. The van der Waals surface area contributed by atoms with Gasteiger partial charge in [-0.2, -0.15) is 11.8 Å². The number of hydrogen-bond donors (Lipinski definition) is 0. The van der Waals surface area contributed by atoms with Crippen molar-refractivity contribution in [3.8, 4) is 0 Å². The minimum atomic E-state index is 0.327. The quantitative estimate of drug-likeness (QED) is 0.823. The number of thioether (sulfide) groups is 1. The first-order chi connectivity index (χ1) is 9.84. The Morgan fingerprint density at radius 3 is 2.55 bits per heavy atom. The number of amides is 1. The van der Waals surface area contributed by atoms with Crippen molar-refractivity contribution < 1.29 is 4.79 Å². The molecule has 1 saturated heterocycles. The Balaban J connectivity index is 1.60. The van der Waals surface area contributed by atoms with Crippen LogP contribution in [-0.2, 0) is 4.79 Å². The van der Waals surface area contributed by atoms with Gasteiger partial charge in [-0.15, -0.1) is 0 Å². The zero-order chi connectivity index (χ0) is 13.8. The fraction of sp³-hybridized carbons (Fsp3) is 0.588. The Kier molecular flexibility index (Phi) is 4.66. The normalized spacial score (nSPS) is 24.6. The maximum atomic E-state index is 12.5. The van der Waals surface area contributed by atoms with Crippen molar-refractivity contribution in [3.05, 3.63) is 35.9 Å². The molecule has 20 heavy (non-hydrogen) atoms. The van der Waals surface area contributed by atoms with Crippen LogP contribution in [0, 0.1) is 5.92 Å². The summed E-state index contributed by atoms with van der Waals surface area (Å²) in [5.74, 6) is 1.82. The molecule has 2 aliphatic rings. The lowest BCUT2D eigenvalue weighted by Gasteiger charge is -2.23. The van der Waals surface area contributed by atoms with Crippen molar-refractivity contribution >= 4 is 17.7 Å². The van der Waals surface area contributed by atoms with Crippen LogP contribution in [0.5, 0.6) is 0 Å². The summed E-state index contributed by atoms with van der Waals surface area (Å²) in [6, 6.07) is 10.7. The van der Waals surface area contributed by atoms with E-state index in [1.165, 1.54) is 18.4 Å². The van der Waals surface area contributed by atoms with Gasteiger partial charge in [0.2, 0.25) is 5.91 Å². The zero-order valence-corrected chi connectivity index (χ0v) is 12.8. The molecule has 1 aliphatic carbocycles. The van der Waals surface area contributed by atoms with Crippen molar-refractivity contribution in [1.82, 2.24) is 4.90 Å². The van der Waals surface area contributed by atoms with Crippen molar-refractivity contribution in [3.63, 3.8) is 0 Å². The van der Waals surface area contributed by atoms with Crippen LogP contribution in [0.4, 0.5) is 0 Å². The molecule has 1 aliphatic heterocycles. The second-order valence-corrected chi connectivity index (χ2v) is 7.18. The Hall–Kier alpha value is -0.960. The van der Waals surface area contributed by atoms with E-state index < -0.39 is 0 Å². The van der Waals surface area contributed by atoms with Gasteiger partial charge in [-0.3, -0.25) is 4.79 Å². The van der Waals surface area contributed by atoms with Gasteiger partial charge in [0.1, 0.15) is 0 Å². The maximum absolute atomic E-state index is 12.5. The average Bonchev–Trinajstić information content (AvgIpc) is 2.92. The zero-order valence-electron chi connectivity index (χ0n) is 12.0. The summed E-state index contributed by atoms with van der Waals surface area (Å²) in [7, 11) is 0. The second kappa shape index (κ2) is 6.66. The summed E-state index contributed by atoms with van der Waals surface area (Å²) in [4.78, 5) is 14.6. The molecule has 0 radical (unpaired) electrons. The highest BCUT2D eigenvalue weighted by molar-refractivity contribution is 7.99. The van der Waals surface area contributed by atoms with E-state index in [0.717, 1.165) is 38.1 Å². The number of carbonyl (C=O) groups excluding carboxylic acids is 1. The van der Waals surface area contributed by atoms with E-state index >= 15 is 0 Å². The predicted molar refractivity (Wildman–Crippen MR) is 84.8 cm³/mol. The molecule has 1 amide bonds. The lowest BCUT2D eigenvalue weighted by Crippen LogP contribution is -2.36. The number of hydrogen-bond acceptors (Lipinski definition) is 2. The summed E-state index contributed by atoms with van der Waals surface area (Å²) in [6.45, 7) is 1.87. The van der Waals surface area contributed by atoms with E-state index in [0.29, 0.717) is 17.1 Å². The Morgan fingerprint density at radius 1 is 1.05 bits per heavy atom. The van der Waals surface area contributed by atoms with Crippen molar-refractivity contribution in [2.45, 2.75) is 37.4 Å². The fourth-order valence-corrected chi connectivity index (χ4v) is 4.59. The third kappa shape index (κ3) is 3.20. The number of nitrogens with zero attached hydrogens (tertiary/aromatic N) is 1. The van der Waals surface area contributed by atoms with Gasteiger partial charge in [0.05, 0.1) is 0 Å². The minimum Gasteiger partial charge on any atom is -0.342 e. The molecule has 108 valence electrons. The van der Waals surface area contributed by atoms with Gasteiger partial charge in [-0.1, -0.05) is 43.2 Å². The lowest BCUT2D eigenvalue weighted by molar-refractivity contribution is -0.135. The number of benzene rings is 1. The van der Waals surface area contributed by atoms with Crippen LogP contribution in [0.15, 0.2) is 30.3 Å². The van der Waals surface area contributed by atoms with Crippen molar-refractivity contribution in [1.29, 1.82) is 0 Å². The molecular weight excluding hydrogens is 266 g/mol. The van der Waals surface area contributed by atoms with Crippen LogP contribution < -0.4 is 0 Å².